The van der Waals surface area contributed by atoms with Gasteiger partial charge in [-0.1, -0.05) is 25.0 Å². The number of cyclic esters (lactones) is 1. The summed E-state index contributed by atoms with van der Waals surface area (Å²) in [5.74, 6) is -0.315. The summed E-state index contributed by atoms with van der Waals surface area (Å²) in [6.45, 7) is 10.3. The van der Waals surface area contributed by atoms with Crippen LogP contribution < -0.4 is 0 Å². The molecule has 1 aliphatic heterocycles. The van der Waals surface area contributed by atoms with Gasteiger partial charge in [-0.2, -0.15) is 0 Å². The molecular formula is C19H28O4. The number of carbonyl (C=O) groups is 1. The third kappa shape index (κ3) is 4.47. The van der Waals surface area contributed by atoms with E-state index in [1.165, 1.54) is 11.1 Å². The van der Waals surface area contributed by atoms with Crippen LogP contribution in [0.3, 0.4) is 0 Å². The Hall–Kier alpha value is -1.55. The fourth-order valence-electron chi connectivity index (χ4n) is 3.53. The van der Waals surface area contributed by atoms with Crippen LogP contribution in [0.4, 0.5) is 0 Å². The summed E-state index contributed by atoms with van der Waals surface area (Å²) < 4.78 is 10.5. The number of esters is 1. The Balaban J connectivity index is 1.91. The minimum Gasteiger partial charge on any atom is -0.459 e. The van der Waals surface area contributed by atoms with E-state index in [4.69, 9.17) is 9.47 Å². The molecule has 0 spiro atoms. The molecule has 1 heterocycles. The van der Waals surface area contributed by atoms with Gasteiger partial charge in [0.1, 0.15) is 0 Å². The molecule has 0 radical (unpaired) electrons. The molecule has 0 aromatic rings. The molecule has 4 nitrogen and oxygen atoms in total. The van der Waals surface area contributed by atoms with E-state index in [2.05, 4.69) is 20.8 Å². The monoisotopic (exact) mass is 320 g/mol. The number of carbonyl (C=O) groups excluding carboxylic acids is 1. The SMILES string of the molecule is CC1=CC(O/C=C(/C)CCC2=C(C)CC(O)CC2(C)C)OC1=O. The maximum atomic E-state index is 11.3. The molecule has 2 unspecified atom stereocenters. The van der Waals surface area contributed by atoms with Gasteiger partial charge in [0, 0.05) is 11.6 Å². The molecule has 0 bridgehead atoms. The van der Waals surface area contributed by atoms with Crippen LogP contribution in [0.5, 0.6) is 0 Å². The predicted octanol–water partition coefficient (Wildman–Crippen LogP) is 4.01. The molecule has 0 aromatic carbocycles. The standard InChI is InChI=1S/C19H28O4/c1-12(11-22-17-9-14(3)18(21)23-17)6-7-16-13(2)8-15(20)10-19(16,4)5/h9,11,15,17,20H,6-8,10H2,1-5H3/b12-11-. The lowest BCUT2D eigenvalue weighted by Gasteiger charge is -2.37. The third-order valence-corrected chi connectivity index (χ3v) is 4.72. The third-order valence-electron chi connectivity index (χ3n) is 4.72. The zero-order valence-electron chi connectivity index (χ0n) is 14.8. The number of aliphatic hydroxyl groups is 1. The largest absolute Gasteiger partial charge is 0.459 e. The molecule has 4 heteroatoms. The number of aliphatic hydroxyl groups excluding tert-OH is 1. The van der Waals surface area contributed by atoms with E-state index in [9.17, 15) is 9.90 Å². The first kappa shape index (κ1) is 17.8. The quantitative estimate of drug-likeness (QED) is 0.472. The summed E-state index contributed by atoms with van der Waals surface area (Å²) in [6, 6.07) is 0. The van der Waals surface area contributed by atoms with Crippen molar-refractivity contribution in [2.24, 2.45) is 5.41 Å². The summed E-state index contributed by atoms with van der Waals surface area (Å²) in [4.78, 5) is 11.3. The number of allylic oxidation sites excluding steroid dienone is 2. The van der Waals surface area contributed by atoms with Crippen LogP contribution in [-0.2, 0) is 14.3 Å². The van der Waals surface area contributed by atoms with Crippen LogP contribution in [0.2, 0.25) is 0 Å². The summed E-state index contributed by atoms with van der Waals surface area (Å²) in [5.41, 5.74) is 4.50. The Morgan fingerprint density at radius 3 is 2.74 bits per heavy atom. The molecule has 0 amide bonds. The van der Waals surface area contributed by atoms with E-state index in [1.807, 2.05) is 6.92 Å². The summed E-state index contributed by atoms with van der Waals surface area (Å²) in [6.07, 6.45) is 6.02. The van der Waals surface area contributed by atoms with Crippen molar-refractivity contribution in [1.29, 1.82) is 0 Å². The second kappa shape index (κ2) is 6.91. The molecule has 0 saturated carbocycles. The minimum atomic E-state index is -0.598. The zero-order chi connectivity index (χ0) is 17.2. The van der Waals surface area contributed by atoms with Gasteiger partial charge in [0.05, 0.1) is 12.4 Å². The fraction of sp³-hybridized carbons (Fsp3) is 0.632. The lowest BCUT2D eigenvalue weighted by atomic mass is 9.70. The van der Waals surface area contributed by atoms with Crippen LogP contribution in [0, 0.1) is 5.41 Å². The van der Waals surface area contributed by atoms with Gasteiger partial charge >= 0.3 is 5.97 Å². The van der Waals surface area contributed by atoms with Crippen LogP contribution in [0.25, 0.3) is 0 Å². The molecule has 0 fully saturated rings. The molecule has 1 aliphatic carbocycles. The maximum Gasteiger partial charge on any atom is 0.336 e. The smallest absolute Gasteiger partial charge is 0.336 e. The maximum absolute atomic E-state index is 11.3. The fourth-order valence-corrected chi connectivity index (χ4v) is 3.53. The molecule has 2 atom stereocenters. The Kier molecular flexibility index (Phi) is 5.35. The van der Waals surface area contributed by atoms with Crippen LogP contribution in [-0.4, -0.2) is 23.5 Å². The first-order chi connectivity index (χ1) is 10.7. The van der Waals surface area contributed by atoms with Crippen molar-refractivity contribution in [2.45, 2.75) is 72.7 Å². The van der Waals surface area contributed by atoms with Gasteiger partial charge in [-0.05, 0) is 57.4 Å². The molecule has 2 aliphatic rings. The van der Waals surface area contributed by atoms with Gasteiger partial charge in [0.25, 0.3) is 6.29 Å². The van der Waals surface area contributed by atoms with Gasteiger partial charge in [-0.25, -0.2) is 4.79 Å². The zero-order valence-corrected chi connectivity index (χ0v) is 14.8. The van der Waals surface area contributed by atoms with Crippen LogP contribution in [0.1, 0.15) is 60.3 Å². The van der Waals surface area contributed by atoms with Crippen molar-refractivity contribution in [3.63, 3.8) is 0 Å². The number of rotatable bonds is 5. The number of hydrogen-bond donors (Lipinski definition) is 1. The highest BCUT2D eigenvalue weighted by atomic mass is 16.7. The Bertz CT molecular complexity index is 566. The first-order valence-electron chi connectivity index (χ1n) is 8.26. The van der Waals surface area contributed by atoms with Crippen molar-refractivity contribution in [2.75, 3.05) is 0 Å². The highest BCUT2D eigenvalue weighted by Gasteiger charge is 2.32. The normalized spacial score (nSPS) is 27.8. The molecule has 23 heavy (non-hydrogen) atoms. The van der Waals surface area contributed by atoms with E-state index < -0.39 is 6.29 Å². The van der Waals surface area contributed by atoms with Gasteiger partial charge in [-0.15, -0.1) is 0 Å². The lowest BCUT2D eigenvalue weighted by molar-refractivity contribution is -0.152. The van der Waals surface area contributed by atoms with E-state index in [0.29, 0.717) is 5.57 Å². The Morgan fingerprint density at radius 1 is 1.48 bits per heavy atom. The highest BCUT2D eigenvalue weighted by molar-refractivity contribution is 5.89. The van der Waals surface area contributed by atoms with Crippen LogP contribution >= 0.6 is 0 Å². The van der Waals surface area contributed by atoms with E-state index in [0.717, 1.165) is 31.3 Å². The van der Waals surface area contributed by atoms with Crippen molar-refractivity contribution >= 4 is 5.97 Å². The van der Waals surface area contributed by atoms with E-state index in [-0.39, 0.29) is 17.5 Å². The van der Waals surface area contributed by atoms with E-state index >= 15 is 0 Å². The van der Waals surface area contributed by atoms with E-state index in [1.54, 1.807) is 19.3 Å². The number of ether oxygens (including phenoxy) is 2. The second-order valence-electron chi connectivity index (χ2n) is 7.43. The predicted molar refractivity (Wildman–Crippen MR) is 89.4 cm³/mol. The van der Waals surface area contributed by atoms with Gasteiger partial charge < -0.3 is 14.6 Å². The van der Waals surface area contributed by atoms with Crippen molar-refractivity contribution in [1.82, 2.24) is 0 Å². The summed E-state index contributed by atoms with van der Waals surface area (Å²) in [5, 5.41) is 9.95. The van der Waals surface area contributed by atoms with Crippen molar-refractivity contribution in [3.05, 3.63) is 34.6 Å². The molecule has 2 rings (SSSR count). The molecule has 128 valence electrons. The topological polar surface area (TPSA) is 55.8 Å². The summed E-state index contributed by atoms with van der Waals surface area (Å²) >= 11 is 0. The summed E-state index contributed by atoms with van der Waals surface area (Å²) in [7, 11) is 0. The first-order valence-corrected chi connectivity index (χ1v) is 8.26. The molecule has 0 aromatic heterocycles. The average Bonchev–Trinajstić information content (AvgIpc) is 2.73. The minimum absolute atomic E-state index is 0.0454. The second-order valence-corrected chi connectivity index (χ2v) is 7.43. The number of hydrogen-bond acceptors (Lipinski definition) is 4. The average molecular weight is 320 g/mol. The molecular weight excluding hydrogens is 292 g/mol. The highest BCUT2D eigenvalue weighted by Crippen LogP contribution is 2.42. The van der Waals surface area contributed by atoms with Crippen LogP contribution in [0.15, 0.2) is 34.6 Å². The van der Waals surface area contributed by atoms with Crippen molar-refractivity contribution < 1.29 is 19.4 Å². The lowest BCUT2D eigenvalue weighted by Crippen LogP contribution is -2.29. The molecule has 0 saturated heterocycles. The Morgan fingerprint density at radius 2 is 2.17 bits per heavy atom. The van der Waals surface area contributed by atoms with Crippen molar-refractivity contribution in [3.8, 4) is 0 Å². The van der Waals surface area contributed by atoms with Gasteiger partial charge in [0.2, 0.25) is 0 Å². The van der Waals surface area contributed by atoms with Gasteiger partial charge in [0.15, 0.2) is 0 Å². The Labute approximate surface area is 138 Å². The molecule has 1 N–H and O–H groups in total. The van der Waals surface area contributed by atoms with Gasteiger partial charge in [-0.3, -0.25) is 0 Å².